The van der Waals surface area contributed by atoms with E-state index in [-0.39, 0.29) is 5.97 Å². The van der Waals surface area contributed by atoms with E-state index in [2.05, 4.69) is 5.32 Å². The molecular weight excluding hydrogens is 358 g/mol. The SMILES string of the molecule is CNc1ccc(C(=O)Oc2ccc(C(=O)OCCCCCC3CO3)cc2)cc1. The van der Waals surface area contributed by atoms with E-state index in [1.165, 1.54) is 0 Å². The van der Waals surface area contributed by atoms with E-state index >= 15 is 0 Å². The van der Waals surface area contributed by atoms with Crippen molar-refractivity contribution in [1.29, 1.82) is 0 Å². The van der Waals surface area contributed by atoms with Crippen LogP contribution in [0, 0.1) is 0 Å². The molecule has 1 aliphatic rings. The Morgan fingerprint density at radius 1 is 0.964 bits per heavy atom. The van der Waals surface area contributed by atoms with Crippen molar-refractivity contribution in [2.75, 3.05) is 25.6 Å². The van der Waals surface area contributed by atoms with E-state index in [1.54, 1.807) is 48.5 Å². The van der Waals surface area contributed by atoms with Crippen LogP contribution in [0.15, 0.2) is 48.5 Å². The minimum Gasteiger partial charge on any atom is -0.462 e. The summed E-state index contributed by atoms with van der Waals surface area (Å²) in [5, 5.41) is 2.99. The number of benzene rings is 2. The molecule has 0 bridgehead atoms. The fraction of sp³-hybridized carbons (Fsp3) is 0.364. The van der Waals surface area contributed by atoms with Gasteiger partial charge >= 0.3 is 11.9 Å². The standard InChI is InChI=1S/C22H25NO5/c1-23-18-10-6-17(7-11-18)22(25)28-19-12-8-16(9-13-19)21(24)26-14-4-2-3-5-20-15-27-20/h6-13,20,23H,2-5,14-15H2,1H3. The van der Waals surface area contributed by atoms with Crippen molar-refractivity contribution < 1.29 is 23.8 Å². The number of esters is 2. The summed E-state index contributed by atoms with van der Waals surface area (Å²) in [6, 6.07) is 13.4. The summed E-state index contributed by atoms with van der Waals surface area (Å²) >= 11 is 0. The Morgan fingerprint density at radius 2 is 1.61 bits per heavy atom. The van der Waals surface area contributed by atoms with Crippen LogP contribution in [0.2, 0.25) is 0 Å². The second-order valence-corrected chi connectivity index (χ2v) is 6.68. The number of hydrogen-bond acceptors (Lipinski definition) is 6. The summed E-state index contributed by atoms with van der Waals surface area (Å²) in [5.41, 5.74) is 1.80. The van der Waals surface area contributed by atoms with Crippen molar-refractivity contribution in [2.45, 2.75) is 31.8 Å². The largest absolute Gasteiger partial charge is 0.462 e. The number of ether oxygens (including phenoxy) is 3. The highest BCUT2D eigenvalue weighted by molar-refractivity contribution is 5.92. The van der Waals surface area contributed by atoms with Gasteiger partial charge in [0.2, 0.25) is 0 Å². The first kappa shape index (κ1) is 19.9. The molecule has 148 valence electrons. The van der Waals surface area contributed by atoms with Crippen LogP contribution in [-0.4, -0.2) is 38.3 Å². The van der Waals surface area contributed by atoms with Gasteiger partial charge in [-0.25, -0.2) is 9.59 Å². The highest BCUT2D eigenvalue weighted by Crippen LogP contribution is 2.18. The summed E-state index contributed by atoms with van der Waals surface area (Å²) in [6.45, 7) is 1.30. The van der Waals surface area contributed by atoms with Crippen LogP contribution in [0.3, 0.4) is 0 Å². The van der Waals surface area contributed by atoms with Crippen LogP contribution >= 0.6 is 0 Å². The van der Waals surface area contributed by atoms with Gasteiger partial charge < -0.3 is 19.5 Å². The number of hydrogen-bond donors (Lipinski definition) is 1. The fourth-order valence-electron chi connectivity index (χ4n) is 2.73. The Morgan fingerprint density at radius 3 is 2.25 bits per heavy atom. The molecule has 28 heavy (non-hydrogen) atoms. The van der Waals surface area contributed by atoms with E-state index in [0.29, 0.717) is 29.6 Å². The lowest BCUT2D eigenvalue weighted by molar-refractivity contribution is 0.0497. The summed E-state index contributed by atoms with van der Waals surface area (Å²) < 4.78 is 15.8. The van der Waals surface area contributed by atoms with Crippen molar-refractivity contribution in [3.05, 3.63) is 59.7 Å². The summed E-state index contributed by atoms with van der Waals surface area (Å²) in [7, 11) is 1.81. The smallest absolute Gasteiger partial charge is 0.343 e. The monoisotopic (exact) mass is 383 g/mol. The Labute approximate surface area is 164 Å². The molecule has 1 heterocycles. The molecule has 0 amide bonds. The van der Waals surface area contributed by atoms with Crippen LogP contribution < -0.4 is 10.1 Å². The van der Waals surface area contributed by atoms with E-state index in [9.17, 15) is 9.59 Å². The van der Waals surface area contributed by atoms with Crippen molar-refractivity contribution in [2.24, 2.45) is 0 Å². The Balaban J connectivity index is 1.41. The van der Waals surface area contributed by atoms with E-state index < -0.39 is 5.97 Å². The predicted molar refractivity (Wildman–Crippen MR) is 106 cm³/mol. The number of carbonyl (C=O) groups excluding carboxylic acids is 2. The predicted octanol–water partition coefficient (Wildman–Crippen LogP) is 4.06. The van der Waals surface area contributed by atoms with Crippen molar-refractivity contribution >= 4 is 17.6 Å². The van der Waals surface area contributed by atoms with Crippen LogP contribution in [-0.2, 0) is 9.47 Å². The van der Waals surface area contributed by atoms with Crippen molar-refractivity contribution in [1.82, 2.24) is 0 Å². The Kier molecular flexibility index (Phi) is 7.03. The molecule has 1 atom stereocenters. The van der Waals surface area contributed by atoms with E-state index in [0.717, 1.165) is 38.0 Å². The molecule has 6 nitrogen and oxygen atoms in total. The molecule has 1 N–H and O–H groups in total. The van der Waals surface area contributed by atoms with E-state index in [4.69, 9.17) is 14.2 Å². The maximum Gasteiger partial charge on any atom is 0.343 e. The van der Waals surface area contributed by atoms with Gasteiger partial charge in [-0.05, 0) is 67.8 Å². The molecular formula is C22H25NO5. The van der Waals surface area contributed by atoms with Gasteiger partial charge in [-0.15, -0.1) is 0 Å². The third-order valence-corrected chi connectivity index (χ3v) is 4.52. The molecule has 1 aliphatic heterocycles. The third-order valence-electron chi connectivity index (χ3n) is 4.52. The molecule has 0 radical (unpaired) electrons. The second-order valence-electron chi connectivity index (χ2n) is 6.68. The van der Waals surface area contributed by atoms with Crippen molar-refractivity contribution in [3.8, 4) is 5.75 Å². The molecule has 0 spiro atoms. The Hall–Kier alpha value is -2.86. The zero-order valence-corrected chi connectivity index (χ0v) is 16.0. The number of rotatable bonds is 10. The first-order chi connectivity index (χ1) is 13.7. The van der Waals surface area contributed by atoms with Gasteiger partial charge in [-0.2, -0.15) is 0 Å². The van der Waals surface area contributed by atoms with E-state index in [1.807, 2.05) is 7.05 Å². The lowest BCUT2D eigenvalue weighted by Crippen LogP contribution is -2.09. The molecule has 2 aromatic carbocycles. The Bertz CT molecular complexity index is 782. The number of carbonyl (C=O) groups is 2. The number of nitrogens with one attached hydrogen (secondary N) is 1. The highest BCUT2D eigenvalue weighted by Gasteiger charge is 2.20. The topological polar surface area (TPSA) is 77.2 Å². The van der Waals surface area contributed by atoms with Gasteiger partial charge in [-0.3, -0.25) is 0 Å². The van der Waals surface area contributed by atoms with Gasteiger partial charge in [0.25, 0.3) is 0 Å². The first-order valence-electron chi connectivity index (χ1n) is 9.54. The maximum atomic E-state index is 12.2. The molecule has 1 unspecified atom stereocenters. The zero-order valence-electron chi connectivity index (χ0n) is 16.0. The molecule has 0 aromatic heterocycles. The minimum absolute atomic E-state index is 0.369. The third kappa shape index (κ3) is 6.09. The molecule has 3 rings (SSSR count). The summed E-state index contributed by atoms with van der Waals surface area (Å²) in [4.78, 5) is 24.2. The molecule has 1 fully saturated rings. The quantitative estimate of drug-likeness (QED) is 0.288. The molecule has 2 aromatic rings. The summed E-state index contributed by atoms with van der Waals surface area (Å²) in [5.74, 6) is -0.442. The second kappa shape index (κ2) is 9.90. The van der Waals surface area contributed by atoms with Crippen LogP contribution in [0.5, 0.6) is 5.75 Å². The van der Waals surface area contributed by atoms with Gasteiger partial charge in [0.05, 0.1) is 30.4 Å². The summed E-state index contributed by atoms with van der Waals surface area (Å²) in [6.07, 6.45) is 4.52. The van der Waals surface area contributed by atoms with Gasteiger partial charge in [0.15, 0.2) is 0 Å². The maximum absolute atomic E-state index is 12.2. The molecule has 0 saturated carbocycles. The van der Waals surface area contributed by atoms with Crippen molar-refractivity contribution in [3.63, 3.8) is 0 Å². The lowest BCUT2D eigenvalue weighted by Gasteiger charge is -2.07. The normalized spacial score (nSPS) is 15.0. The zero-order chi connectivity index (χ0) is 19.8. The first-order valence-corrected chi connectivity index (χ1v) is 9.54. The van der Waals surface area contributed by atoms with Gasteiger partial charge in [0.1, 0.15) is 5.75 Å². The molecule has 6 heteroatoms. The van der Waals surface area contributed by atoms with Gasteiger partial charge in [-0.1, -0.05) is 6.42 Å². The molecule has 1 saturated heterocycles. The van der Waals surface area contributed by atoms with Gasteiger partial charge in [0, 0.05) is 12.7 Å². The average Bonchev–Trinajstić information content (AvgIpc) is 3.55. The number of epoxide rings is 1. The highest BCUT2D eigenvalue weighted by atomic mass is 16.6. The fourth-order valence-corrected chi connectivity index (χ4v) is 2.73. The minimum atomic E-state index is -0.449. The van der Waals surface area contributed by atoms with Crippen LogP contribution in [0.25, 0.3) is 0 Å². The van der Waals surface area contributed by atoms with Crippen LogP contribution in [0.1, 0.15) is 46.4 Å². The average molecular weight is 383 g/mol. The lowest BCUT2D eigenvalue weighted by atomic mass is 10.1. The number of unbranched alkanes of at least 4 members (excludes halogenated alkanes) is 2. The molecule has 0 aliphatic carbocycles. The number of anilines is 1. The van der Waals surface area contributed by atoms with Crippen LogP contribution in [0.4, 0.5) is 5.69 Å².